The minimum atomic E-state index is -0.301. The minimum absolute atomic E-state index is 0.244. The lowest BCUT2D eigenvalue weighted by Crippen LogP contribution is -2.37. The van der Waals surface area contributed by atoms with Gasteiger partial charge in [-0.05, 0) is 36.7 Å². The van der Waals surface area contributed by atoms with E-state index in [0.717, 1.165) is 41.0 Å². The number of aromatic nitrogens is 4. The van der Waals surface area contributed by atoms with Gasteiger partial charge in [-0.3, -0.25) is 0 Å². The van der Waals surface area contributed by atoms with Gasteiger partial charge in [0.15, 0.2) is 0 Å². The van der Waals surface area contributed by atoms with Gasteiger partial charge in [0.25, 0.3) is 0 Å². The van der Waals surface area contributed by atoms with Gasteiger partial charge in [0.1, 0.15) is 0 Å². The highest BCUT2D eigenvalue weighted by Gasteiger charge is 2.26. The van der Waals surface area contributed by atoms with Crippen LogP contribution in [-0.4, -0.2) is 44.2 Å². The Hall–Kier alpha value is -3.30. The molecule has 0 bridgehead atoms. The lowest BCUT2D eigenvalue weighted by Gasteiger charge is -2.28. The first kappa shape index (κ1) is 18.7. The highest BCUT2D eigenvalue weighted by atomic mass is 32.1. The molecule has 30 heavy (non-hydrogen) atoms. The molecular formula is C21H21N7OS. The molecule has 2 aromatic heterocycles. The van der Waals surface area contributed by atoms with E-state index in [1.54, 1.807) is 11.3 Å². The van der Waals surface area contributed by atoms with Gasteiger partial charge in [0.2, 0.25) is 11.9 Å². The molecule has 8 nitrogen and oxygen atoms in total. The summed E-state index contributed by atoms with van der Waals surface area (Å²) in [5.41, 5.74) is 4.76. The van der Waals surface area contributed by atoms with Crippen molar-refractivity contribution in [3.63, 3.8) is 0 Å². The minimum Gasteiger partial charge on any atom is -0.479 e. The van der Waals surface area contributed by atoms with Crippen LogP contribution in [0.4, 0.5) is 17.6 Å². The Balaban J connectivity index is 1.46. The zero-order valence-corrected chi connectivity index (χ0v) is 17.0. The van der Waals surface area contributed by atoms with Crippen molar-refractivity contribution in [2.75, 3.05) is 23.3 Å². The summed E-state index contributed by atoms with van der Waals surface area (Å²) >= 11 is 1.57. The summed E-state index contributed by atoms with van der Waals surface area (Å²) in [6.45, 7) is 2.46. The van der Waals surface area contributed by atoms with Crippen molar-refractivity contribution in [3.8, 4) is 6.01 Å². The van der Waals surface area contributed by atoms with Crippen LogP contribution in [0.25, 0.3) is 10.2 Å². The zero-order chi connectivity index (χ0) is 20.3. The van der Waals surface area contributed by atoms with Crippen molar-refractivity contribution < 1.29 is 5.11 Å². The molecule has 3 N–H and O–H groups in total. The van der Waals surface area contributed by atoms with Crippen LogP contribution in [0, 0.1) is 0 Å². The third kappa shape index (κ3) is 4.03. The first-order valence-corrected chi connectivity index (χ1v) is 10.7. The van der Waals surface area contributed by atoms with E-state index < -0.39 is 0 Å². The Kier molecular flexibility index (Phi) is 5.12. The van der Waals surface area contributed by atoms with E-state index in [9.17, 15) is 5.11 Å². The number of rotatable bonds is 6. The van der Waals surface area contributed by atoms with Crippen LogP contribution in [0.3, 0.4) is 0 Å². The van der Waals surface area contributed by atoms with Crippen molar-refractivity contribution in [1.29, 1.82) is 0 Å². The molecule has 0 spiro atoms. The van der Waals surface area contributed by atoms with E-state index in [0.29, 0.717) is 18.4 Å². The quantitative estimate of drug-likeness (QED) is 0.438. The Morgan fingerprint density at radius 1 is 1.13 bits per heavy atom. The molecule has 3 heterocycles. The fourth-order valence-electron chi connectivity index (χ4n) is 3.65. The largest absolute Gasteiger partial charge is 0.479 e. The second-order valence-corrected chi connectivity index (χ2v) is 8.07. The fraction of sp³-hybridized carbons (Fsp3) is 0.238. The van der Waals surface area contributed by atoms with Gasteiger partial charge in [-0.1, -0.05) is 30.3 Å². The molecule has 1 unspecified atom stereocenters. The molecule has 1 aliphatic rings. The van der Waals surface area contributed by atoms with Crippen molar-refractivity contribution in [3.05, 3.63) is 59.6 Å². The molecular weight excluding hydrogens is 398 g/mol. The van der Waals surface area contributed by atoms with E-state index in [-0.39, 0.29) is 12.1 Å². The average Bonchev–Trinajstić information content (AvgIpc) is 3.44. The first-order chi connectivity index (χ1) is 14.7. The number of nitrogens with zero attached hydrogens (tertiary/aromatic N) is 5. The zero-order valence-electron chi connectivity index (χ0n) is 16.2. The monoisotopic (exact) mass is 419 g/mol. The van der Waals surface area contributed by atoms with Gasteiger partial charge in [-0.2, -0.15) is 15.0 Å². The number of anilines is 3. The number of fused-ring (bicyclic) bond motifs is 1. The van der Waals surface area contributed by atoms with Gasteiger partial charge in [-0.15, -0.1) is 11.3 Å². The molecule has 1 atom stereocenters. The molecule has 5 rings (SSSR count). The van der Waals surface area contributed by atoms with Crippen LogP contribution in [0.1, 0.15) is 12.0 Å². The fourth-order valence-corrected chi connectivity index (χ4v) is 4.37. The van der Waals surface area contributed by atoms with E-state index >= 15 is 0 Å². The molecule has 1 fully saturated rings. The van der Waals surface area contributed by atoms with Gasteiger partial charge in [0.05, 0.1) is 15.7 Å². The summed E-state index contributed by atoms with van der Waals surface area (Å²) in [6.07, 6.45) is 0.990. The molecule has 2 aromatic carbocycles. The highest BCUT2D eigenvalue weighted by Crippen LogP contribution is 2.26. The normalized spacial score (nSPS) is 16.1. The number of thiazole rings is 1. The lowest BCUT2D eigenvalue weighted by molar-refractivity contribution is 0.427. The predicted octanol–water partition coefficient (Wildman–Crippen LogP) is 3.30. The lowest BCUT2D eigenvalue weighted by atomic mass is 10.1. The standard InChI is InChI=1S/C21H21N7OS/c29-21-26-19(24-15-6-7-17-18(10-15)30-13-23-17)25-20(27-21)28(16-8-9-22-11-16)12-14-4-2-1-3-5-14/h1-7,10,13,16,22H,8-9,11-12H2,(H2,24,25,26,27,29). The smallest absolute Gasteiger partial charge is 0.320 e. The summed E-state index contributed by atoms with van der Waals surface area (Å²) in [6, 6.07) is 16.0. The molecule has 152 valence electrons. The van der Waals surface area contributed by atoms with Gasteiger partial charge in [-0.25, -0.2) is 4.98 Å². The summed E-state index contributed by atoms with van der Waals surface area (Å²) in [7, 11) is 0. The predicted molar refractivity (Wildman–Crippen MR) is 118 cm³/mol. The van der Waals surface area contributed by atoms with Crippen molar-refractivity contribution >= 4 is 39.1 Å². The third-order valence-electron chi connectivity index (χ3n) is 5.13. The number of hydrogen-bond acceptors (Lipinski definition) is 9. The maximum Gasteiger partial charge on any atom is 0.320 e. The van der Waals surface area contributed by atoms with Crippen molar-refractivity contribution in [2.45, 2.75) is 19.0 Å². The number of hydrogen-bond donors (Lipinski definition) is 3. The van der Waals surface area contributed by atoms with Crippen molar-refractivity contribution in [1.82, 2.24) is 25.3 Å². The van der Waals surface area contributed by atoms with Crippen LogP contribution in [0.15, 0.2) is 54.0 Å². The molecule has 1 saturated heterocycles. The highest BCUT2D eigenvalue weighted by molar-refractivity contribution is 7.16. The summed E-state index contributed by atoms with van der Waals surface area (Å²) in [4.78, 5) is 19.4. The van der Waals surface area contributed by atoms with Gasteiger partial charge >= 0.3 is 6.01 Å². The van der Waals surface area contributed by atoms with Crippen LogP contribution in [0.2, 0.25) is 0 Å². The first-order valence-electron chi connectivity index (χ1n) is 9.81. The topological polar surface area (TPSA) is 99.1 Å². The number of nitrogens with one attached hydrogen (secondary N) is 2. The van der Waals surface area contributed by atoms with Crippen LogP contribution >= 0.6 is 11.3 Å². The van der Waals surface area contributed by atoms with Crippen LogP contribution < -0.4 is 15.5 Å². The molecule has 0 aliphatic carbocycles. The van der Waals surface area contributed by atoms with Crippen LogP contribution in [-0.2, 0) is 6.54 Å². The van der Waals surface area contributed by atoms with E-state index in [1.807, 2.05) is 41.9 Å². The summed E-state index contributed by atoms with van der Waals surface area (Å²) < 4.78 is 1.07. The maximum atomic E-state index is 10.2. The molecule has 1 aliphatic heterocycles. The van der Waals surface area contributed by atoms with E-state index in [4.69, 9.17) is 0 Å². The SMILES string of the molecule is Oc1nc(Nc2ccc3ncsc3c2)nc(N(Cc2ccccc2)C2CCNC2)n1. The Labute approximate surface area is 177 Å². The third-order valence-corrected chi connectivity index (χ3v) is 5.92. The molecule has 9 heteroatoms. The number of benzene rings is 2. The van der Waals surface area contributed by atoms with Crippen LogP contribution in [0.5, 0.6) is 6.01 Å². The van der Waals surface area contributed by atoms with E-state index in [1.165, 1.54) is 0 Å². The molecule has 0 saturated carbocycles. The van der Waals surface area contributed by atoms with Crippen molar-refractivity contribution in [2.24, 2.45) is 0 Å². The Morgan fingerprint density at radius 2 is 2.03 bits per heavy atom. The van der Waals surface area contributed by atoms with E-state index in [2.05, 4.69) is 47.6 Å². The summed E-state index contributed by atoms with van der Waals surface area (Å²) in [5, 5.41) is 16.8. The second-order valence-electron chi connectivity index (χ2n) is 7.18. The Morgan fingerprint density at radius 3 is 2.87 bits per heavy atom. The molecule has 0 amide bonds. The second kappa shape index (κ2) is 8.21. The maximum absolute atomic E-state index is 10.2. The Bertz CT molecular complexity index is 1140. The summed E-state index contributed by atoms with van der Waals surface area (Å²) in [5.74, 6) is 0.770. The van der Waals surface area contributed by atoms with Gasteiger partial charge in [0, 0.05) is 24.8 Å². The number of aromatic hydroxyl groups is 1. The van der Waals surface area contributed by atoms with Gasteiger partial charge < -0.3 is 20.6 Å². The average molecular weight is 420 g/mol. The molecule has 0 radical (unpaired) electrons. The molecule has 4 aromatic rings.